The number of methoxy groups -OCH3 is 2. The second-order valence-corrected chi connectivity index (χ2v) is 4.79. The summed E-state index contributed by atoms with van der Waals surface area (Å²) in [4.78, 5) is 23.6. The predicted octanol–water partition coefficient (Wildman–Crippen LogP) is 0.342. The highest BCUT2D eigenvalue weighted by molar-refractivity contribution is 5.83. The Labute approximate surface area is 124 Å². The van der Waals surface area contributed by atoms with Gasteiger partial charge < -0.3 is 20.5 Å². The summed E-state index contributed by atoms with van der Waals surface area (Å²) in [6, 6.07) is 6.75. The van der Waals surface area contributed by atoms with Crippen LogP contribution in [-0.2, 0) is 19.1 Å². The fraction of sp³-hybridized carbons (Fsp3) is 0.467. The smallest absolute Gasteiger partial charge is 0.314 e. The van der Waals surface area contributed by atoms with Crippen LogP contribution < -0.4 is 11.1 Å². The van der Waals surface area contributed by atoms with Gasteiger partial charge in [0, 0.05) is 13.7 Å². The molecule has 0 aliphatic carbocycles. The number of nitrogens with two attached hydrogens (primary N) is 1. The van der Waals surface area contributed by atoms with Gasteiger partial charge in [-0.2, -0.15) is 0 Å². The number of benzene rings is 1. The summed E-state index contributed by atoms with van der Waals surface area (Å²) < 4.78 is 9.61. The van der Waals surface area contributed by atoms with E-state index in [2.05, 4.69) is 5.32 Å². The molecule has 116 valence electrons. The third-order valence-corrected chi connectivity index (χ3v) is 3.13. The minimum atomic E-state index is -0.758. The monoisotopic (exact) mass is 294 g/mol. The van der Waals surface area contributed by atoms with Gasteiger partial charge in [0.15, 0.2) is 0 Å². The lowest BCUT2D eigenvalue weighted by atomic mass is 9.98. The Kier molecular flexibility index (Phi) is 6.84. The van der Waals surface area contributed by atoms with Gasteiger partial charge in [-0.1, -0.05) is 29.8 Å². The minimum absolute atomic E-state index is 0.124. The Morgan fingerprint density at radius 2 is 1.86 bits per heavy atom. The van der Waals surface area contributed by atoms with Gasteiger partial charge in [0.05, 0.1) is 19.6 Å². The maximum absolute atomic E-state index is 11.9. The van der Waals surface area contributed by atoms with Crippen molar-refractivity contribution in [3.05, 3.63) is 35.4 Å². The van der Waals surface area contributed by atoms with E-state index in [-0.39, 0.29) is 19.1 Å². The van der Waals surface area contributed by atoms with Crippen LogP contribution in [0.5, 0.6) is 0 Å². The van der Waals surface area contributed by atoms with Crippen molar-refractivity contribution in [2.24, 2.45) is 5.73 Å². The first-order valence-electron chi connectivity index (χ1n) is 6.66. The lowest BCUT2D eigenvalue weighted by Crippen LogP contribution is -2.45. The molecule has 0 radical (unpaired) electrons. The first-order chi connectivity index (χ1) is 9.99. The Morgan fingerprint density at radius 1 is 1.24 bits per heavy atom. The van der Waals surface area contributed by atoms with Crippen molar-refractivity contribution in [1.82, 2.24) is 5.32 Å². The van der Waals surface area contributed by atoms with Gasteiger partial charge >= 0.3 is 5.97 Å². The molecule has 0 bridgehead atoms. The molecule has 0 fully saturated rings. The molecule has 6 nitrogen and oxygen atoms in total. The number of esters is 1. The summed E-state index contributed by atoms with van der Waals surface area (Å²) in [6.07, 6.45) is 0. The van der Waals surface area contributed by atoms with Crippen LogP contribution in [-0.4, -0.2) is 45.3 Å². The fourth-order valence-electron chi connectivity index (χ4n) is 1.87. The Hall–Kier alpha value is -1.92. The fourth-order valence-corrected chi connectivity index (χ4v) is 1.87. The zero-order valence-corrected chi connectivity index (χ0v) is 12.6. The van der Waals surface area contributed by atoms with E-state index in [4.69, 9.17) is 15.2 Å². The summed E-state index contributed by atoms with van der Waals surface area (Å²) in [6.45, 7) is 2.22. The van der Waals surface area contributed by atoms with Gasteiger partial charge in [0.2, 0.25) is 5.91 Å². The second-order valence-electron chi connectivity index (χ2n) is 4.79. The molecule has 0 saturated carbocycles. The molecular formula is C15H22N2O4. The first kappa shape index (κ1) is 17.1. The Balaban J connectivity index is 2.74. The molecule has 1 aromatic rings. The highest BCUT2D eigenvalue weighted by Gasteiger charge is 2.23. The molecule has 6 heteroatoms. The zero-order chi connectivity index (χ0) is 15.8. The third-order valence-electron chi connectivity index (χ3n) is 3.13. The molecule has 0 aliphatic rings. The minimum Gasteiger partial charge on any atom is -0.468 e. The van der Waals surface area contributed by atoms with E-state index in [0.717, 1.165) is 11.1 Å². The molecule has 1 rings (SSSR count). The molecule has 21 heavy (non-hydrogen) atoms. The number of amides is 1. The van der Waals surface area contributed by atoms with Gasteiger partial charge in [-0.3, -0.25) is 9.59 Å². The number of aryl methyl sites for hydroxylation is 1. The molecule has 2 unspecified atom stereocenters. The summed E-state index contributed by atoms with van der Waals surface area (Å²) >= 11 is 0. The van der Waals surface area contributed by atoms with Crippen LogP contribution in [0.4, 0.5) is 0 Å². The molecule has 2 atom stereocenters. The van der Waals surface area contributed by atoms with Crippen molar-refractivity contribution in [3.8, 4) is 0 Å². The SMILES string of the molecule is COCC(N)C(=O)NCC(C(=O)OC)c1ccc(C)cc1. The van der Waals surface area contributed by atoms with E-state index >= 15 is 0 Å². The number of nitrogens with one attached hydrogen (secondary N) is 1. The maximum Gasteiger partial charge on any atom is 0.314 e. The van der Waals surface area contributed by atoms with Crippen molar-refractivity contribution >= 4 is 11.9 Å². The van der Waals surface area contributed by atoms with E-state index in [9.17, 15) is 9.59 Å². The van der Waals surface area contributed by atoms with Crippen LogP contribution in [0.2, 0.25) is 0 Å². The topological polar surface area (TPSA) is 90.6 Å². The van der Waals surface area contributed by atoms with Crippen LogP contribution >= 0.6 is 0 Å². The summed E-state index contributed by atoms with van der Waals surface area (Å²) in [5.74, 6) is -1.33. The molecule has 1 amide bonds. The van der Waals surface area contributed by atoms with E-state index < -0.39 is 17.9 Å². The zero-order valence-electron chi connectivity index (χ0n) is 12.6. The van der Waals surface area contributed by atoms with Crippen molar-refractivity contribution in [1.29, 1.82) is 0 Å². The van der Waals surface area contributed by atoms with Crippen molar-refractivity contribution < 1.29 is 19.1 Å². The number of ether oxygens (including phenoxy) is 2. The molecule has 3 N–H and O–H groups in total. The van der Waals surface area contributed by atoms with Crippen LogP contribution in [0.3, 0.4) is 0 Å². The van der Waals surface area contributed by atoms with Crippen LogP contribution in [0.15, 0.2) is 24.3 Å². The predicted molar refractivity (Wildman–Crippen MR) is 78.8 cm³/mol. The number of rotatable bonds is 7. The van der Waals surface area contributed by atoms with E-state index in [0.29, 0.717) is 0 Å². The molecule has 0 heterocycles. The van der Waals surface area contributed by atoms with E-state index in [1.165, 1.54) is 14.2 Å². The molecular weight excluding hydrogens is 272 g/mol. The number of hydrogen-bond acceptors (Lipinski definition) is 5. The van der Waals surface area contributed by atoms with Gasteiger partial charge in [-0.25, -0.2) is 0 Å². The normalized spacial score (nSPS) is 13.3. The lowest BCUT2D eigenvalue weighted by molar-refractivity contribution is -0.142. The van der Waals surface area contributed by atoms with Gasteiger partial charge in [-0.05, 0) is 12.5 Å². The average Bonchev–Trinajstić information content (AvgIpc) is 2.48. The third kappa shape index (κ3) is 5.17. The molecule has 0 aliphatic heterocycles. The van der Waals surface area contributed by atoms with E-state index in [1.807, 2.05) is 31.2 Å². The standard InChI is InChI=1S/C15H22N2O4/c1-10-4-6-11(7-5-10)12(15(19)21-3)8-17-14(18)13(16)9-20-2/h4-7,12-13H,8-9,16H2,1-3H3,(H,17,18). The lowest BCUT2D eigenvalue weighted by Gasteiger charge is -2.17. The van der Waals surface area contributed by atoms with Crippen molar-refractivity contribution in [2.45, 2.75) is 18.9 Å². The highest BCUT2D eigenvalue weighted by Crippen LogP contribution is 2.17. The number of carbonyl (C=O) groups excluding carboxylic acids is 2. The van der Waals surface area contributed by atoms with Crippen molar-refractivity contribution in [3.63, 3.8) is 0 Å². The van der Waals surface area contributed by atoms with Crippen LogP contribution in [0, 0.1) is 6.92 Å². The second kappa shape index (κ2) is 8.39. The summed E-state index contributed by atoms with van der Waals surface area (Å²) in [5.41, 5.74) is 7.50. The van der Waals surface area contributed by atoms with Crippen molar-refractivity contribution in [2.75, 3.05) is 27.4 Å². The van der Waals surface area contributed by atoms with Crippen LogP contribution in [0.25, 0.3) is 0 Å². The molecule has 0 aromatic heterocycles. The van der Waals surface area contributed by atoms with Gasteiger partial charge in [0.1, 0.15) is 6.04 Å². The molecule has 0 spiro atoms. The molecule has 0 saturated heterocycles. The average molecular weight is 294 g/mol. The Bertz CT molecular complexity index is 473. The Morgan fingerprint density at radius 3 is 2.38 bits per heavy atom. The molecule has 1 aromatic carbocycles. The van der Waals surface area contributed by atoms with Gasteiger partial charge in [0.25, 0.3) is 0 Å². The van der Waals surface area contributed by atoms with Crippen LogP contribution in [0.1, 0.15) is 17.0 Å². The number of carbonyl (C=O) groups is 2. The quantitative estimate of drug-likeness (QED) is 0.708. The summed E-state index contributed by atoms with van der Waals surface area (Å²) in [5, 5.41) is 2.65. The summed E-state index contributed by atoms with van der Waals surface area (Å²) in [7, 11) is 2.79. The first-order valence-corrected chi connectivity index (χ1v) is 6.66. The highest BCUT2D eigenvalue weighted by atomic mass is 16.5. The maximum atomic E-state index is 11.9. The number of hydrogen-bond donors (Lipinski definition) is 2. The largest absolute Gasteiger partial charge is 0.468 e. The van der Waals surface area contributed by atoms with Gasteiger partial charge in [-0.15, -0.1) is 0 Å². The van der Waals surface area contributed by atoms with E-state index in [1.54, 1.807) is 0 Å².